The maximum Gasteiger partial charge on any atom is 0.417 e. The maximum absolute atomic E-state index is 13.5. The van der Waals surface area contributed by atoms with Crippen LogP contribution in [0.25, 0.3) is 22.3 Å². The van der Waals surface area contributed by atoms with Crippen LogP contribution in [-0.4, -0.2) is 22.6 Å². The van der Waals surface area contributed by atoms with Crippen molar-refractivity contribution in [2.45, 2.75) is 17.2 Å². The van der Waals surface area contributed by atoms with E-state index < -0.39 is 38.4 Å². The van der Waals surface area contributed by atoms with Gasteiger partial charge in [0.1, 0.15) is 4.90 Å². The Labute approximate surface area is 189 Å². The summed E-state index contributed by atoms with van der Waals surface area (Å²) in [5, 5.41) is 3.63. The number of rotatable bonds is 4. The molecule has 12 heteroatoms. The van der Waals surface area contributed by atoms with Gasteiger partial charge in [-0.15, -0.1) is 0 Å². The van der Waals surface area contributed by atoms with E-state index in [0.717, 1.165) is 42.7 Å². The minimum Gasteiger partial charge on any atom is -0.264 e. The fraction of sp³-hybridized carbons (Fsp3) is 0.0909. The highest BCUT2D eigenvalue weighted by Crippen LogP contribution is 2.37. The first-order valence-electron chi connectivity index (χ1n) is 9.47. The third kappa shape index (κ3) is 4.53. The summed E-state index contributed by atoms with van der Waals surface area (Å²) >= 11 is 0. The van der Waals surface area contributed by atoms with Crippen LogP contribution in [-0.2, 0) is 22.4 Å². The van der Waals surface area contributed by atoms with E-state index in [1.165, 1.54) is 24.5 Å². The zero-order valence-corrected chi connectivity index (χ0v) is 17.7. The van der Waals surface area contributed by atoms with E-state index in [4.69, 9.17) is 0 Å². The largest absolute Gasteiger partial charge is 0.417 e. The normalized spacial score (nSPS) is 12.6. The molecule has 0 aliphatic carbocycles. The standard InChI is InChI=1S/C22H13F6N3O2S/c23-21(24,25)18-9-15(14-4-3-7-29-11-14)8-16(10-18)17-12-30-31(13-17)34(32,33)20-6-2-1-5-19(20)22(26,27)28/h1-13H. The lowest BCUT2D eigenvalue weighted by atomic mass is 9.98. The molecule has 0 amide bonds. The van der Waals surface area contributed by atoms with Crippen molar-refractivity contribution >= 4 is 10.0 Å². The van der Waals surface area contributed by atoms with Gasteiger partial charge in [-0.3, -0.25) is 4.98 Å². The van der Waals surface area contributed by atoms with Crippen molar-refractivity contribution in [2.75, 3.05) is 0 Å². The molecule has 0 bridgehead atoms. The second kappa shape index (κ2) is 8.28. The summed E-state index contributed by atoms with van der Waals surface area (Å²) in [6.45, 7) is 0. The third-order valence-electron chi connectivity index (χ3n) is 4.87. The smallest absolute Gasteiger partial charge is 0.264 e. The van der Waals surface area contributed by atoms with E-state index >= 15 is 0 Å². The van der Waals surface area contributed by atoms with Crippen LogP contribution in [0.15, 0.2) is 84.3 Å². The Hall–Kier alpha value is -3.67. The van der Waals surface area contributed by atoms with Gasteiger partial charge in [-0.2, -0.15) is 43.9 Å². The highest BCUT2D eigenvalue weighted by Gasteiger charge is 2.38. The first-order chi connectivity index (χ1) is 15.9. The number of benzene rings is 2. The van der Waals surface area contributed by atoms with Crippen LogP contribution in [0.2, 0.25) is 0 Å². The van der Waals surface area contributed by atoms with E-state index in [1.807, 2.05) is 0 Å². The molecule has 176 valence electrons. The molecule has 2 aromatic heterocycles. The molecule has 0 N–H and O–H groups in total. The average molecular weight is 497 g/mol. The van der Waals surface area contributed by atoms with Crippen LogP contribution < -0.4 is 0 Å². The molecule has 4 aromatic rings. The lowest BCUT2D eigenvalue weighted by Gasteiger charge is -2.13. The molecule has 2 aromatic carbocycles. The number of aromatic nitrogens is 3. The fourth-order valence-corrected chi connectivity index (χ4v) is 4.61. The highest BCUT2D eigenvalue weighted by molar-refractivity contribution is 7.89. The summed E-state index contributed by atoms with van der Waals surface area (Å²) in [4.78, 5) is 2.85. The number of pyridine rings is 1. The second-order valence-electron chi connectivity index (χ2n) is 7.14. The summed E-state index contributed by atoms with van der Waals surface area (Å²) in [6, 6.07) is 9.75. The van der Waals surface area contributed by atoms with Gasteiger partial charge in [0, 0.05) is 23.5 Å². The molecule has 0 aliphatic heterocycles. The van der Waals surface area contributed by atoms with E-state index in [1.54, 1.807) is 6.07 Å². The molecule has 0 spiro atoms. The third-order valence-corrected chi connectivity index (χ3v) is 6.47. The molecule has 0 radical (unpaired) electrons. The lowest BCUT2D eigenvalue weighted by Crippen LogP contribution is -2.19. The molecular formula is C22H13F6N3O2S. The minimum atomic E-state index is -4.95. The minimum absolute atomic E-state index is 0.0285. The van der Waals surface area contributed by atoms with Gasteiger partial charge in [0.2, 0.25) is 0 Å². The van der Waals surface area contributed by atoms with Crippen molar-refractivity contribution in [2.24, 2.45) is 0 Å². The zero-order valence-electron chi connectivity index (χ0n) is 16.8. The van der Waals surface area contributed by atoms with Crippen LogP contribution >= 0.6 is 0 Å². The van der Waals surface area contributed by atoms with Gasteiger partial charge in [-0.25, -0.2) is 0 Å². The SMILES string of the molecule is O=S(=O)(c1ccccc1C(F)(F)F)n1cc(-c2cc(-c3cccnc3)cc(C(F)(F)F)c2)cn1. The number of nitrogens with zero attached hydrogens (tertiary/aromatic N) is 3. The first-order valence-corrected chi connectivity index (χ1v) is 10.9. The highest BCUT2D eigenvalue weighted by atomic mass is 32.2. The van der Waals surface area contributed by atoms with Gasteiger partial charge in [0.05, 0.1) is 23.5 Å². The molecule has 0 saturated carbocycles. The fourth-order valence-electron chi connectivity index (χ4n) is 3.27. The van der Waals surface area contributed by atoms with Crippen LogP contribution in [0, 0.1) is 0 Å². The van der Waals surface area contributed by atoms with Crippen LogP contribution in [0.1, 0.15) is 11.1 Å². The molecule has 0 unspecified atom stereocenters. The summed E-state index contributed by atoms with van der Waals surface area (Å²) in [5.74, 6) is 0. The van der Waals surface area contributed by atoms with E-state index in [0.29, 0.717) is 15.7 Å². The lowest BCUT2D eigenvalue weighted by molar-refractivity contribution is -0.140. The Bertz CT molecular complexity index is 1450. The summed E-state index contributed by atoms with van der Waals surface area (Å²) < 4.78 is 107. The maximum atomic E-state index is 13.5. The van der Waals surface area contributed by atoms with Gasteiger partial charge >= 0.3 is 12.4 Å². The average Bonchev–Trinajstić information content (AvgIpc) is 3.30. The predicted molar refractivity (Wildman–Crippen MR) is 110 cm³/mol. The number of alkyl halides is 6. The molecule has 5 nitrogen and oxygen atoms in total. The zero-order chi connectivity index (χ0) is 24.7. The van der Waals surface area contributed by atoms with E-state index in [-0.39, 0.29) is 16.7 Å². The van der Waals surface area contributed by atoms with Crippen LogP contribution in [0.5, 0.6) is 0 Å². The summed E-state index contributed by atoms with van der Waals surface area (Å²) in [6.07, 6.45) is -5.01. The Balaban J connectivity index is 1.83. The van der Waals surface area contributed by atoms with E-state index in [9.17, 15) is 34.8 Å². The van der Waals surface area contributed by atoms with Crippen LogP contribution in [0.4, 0.5) is 26.3 Å². The second-order valence-corrected chi connectivity index (χ2v) is 8.90. The van der Waals surface area contributed by atoms with Gasteiger partial charge in [0.25, 0.3) is 10.0 Å². The Morgan fingerprint density at radius 3 is 2.03 bits per heavy atom. The monoisotopic (exact) mass is 497 g/mol. The Morgan fingerprint density at radius 1 is 0.735 bits per heavy atom. The van der Waals surface area contributed by atoms with Gasteiger partial charge in [0.15, 0.2) is 0 Å². The van der Waals surface area contributed by atoms with Crippen molar-refractivity contribution in [3.05, 3.63) is 90.5 Å². The van der Waals surface area contributed by atoms with Crippen molar-refractivity contribution in [3.8, 4) is 22.3 Å². The van der Waals surface area contributed by atoms with Gasteiger partial charge in [-0.1, -0.05) is 18.2 Å². The number of hydrogen-bond donors (Lipinski definition) is 0. The van der Waals surface area contributed by atoms with Crippen molar-refractivity contribution in [1.82, 2.24) is 14.2 Å². The molecule has 2 heterocycles. The molecule has 0 aliphatic rings. The molecule has 4 rings (SSSR count). The van der Waals surface area contributed by atoms with Gasteiger partial charge < -0.3 is 0 Å². The topological polar surface area (TPSA) is 64.8 Å². The molecule has 0 fully saturated rings. The Kier molecular flexibility index (Phi) is 5.72. The molecular weight excluding hydrogens is 484 g/mol. The van der Waals surface area contributed by atoms with E-state index in [2.05, 4.69) is 10.1 Å². The van der Waals surface area contributed by atoms with Crippen LogP contribution in [0.3, 0.4) is 0 Å². The van der Waals surface area contributed by atoms with Crippen molar-refractivity contribution in [1.29, 1.82) is 0 Å². The summed E-state index contributed by atoms with van der Waals surface area (Å²) in [5.41, 5.74) is -1.90. The molecule has 0 atom stereocenters. The first kappa shape index (κ1) is 23.5. The Morgan fingerprint density at radius 2 is 1.41 bits per heavy atom. The predicted octanol–water partition coefficient (Wildman–Crippen LogP) is 5.89. The van der Waals surface area contributed by atoms with Gasteiger partial charge in [-0.05, 0) is 47.5 Å². The number of hydrogen-bond acceptors (Lipinski definition) is 4. The molecule has 34 heavy (non-hydrogen) atoms. The quantitative estimate of drug-likeness (QED) is 0.330. The van der Waals surface area contributed by atoms with Crippen molar-refractivity contribution < 1.29 is 34.8 Å². The summed E-state index contributed by atoms with van der Waals surface area (Å²) in [7, 11) is -4.79. The molecule has 0 saturated heterocycles. The van der Waals surface area contributed by atoms with Crippen molar-refractivity contribution in [3.63, 3.8) is 0 Å². The number of halogens is 6.